The maximum absolute atomic E-state index is 5.54. The lowest BCUT2D eigenvalue weighted by atomic mass is 10.1. The molecule has 0 spiro atoms. The Morgan fingerprint density at radius 3 is 2.59 bits per heavy atom. The Morgan fingerprint density at radius 1 is 1.06 bits per heavy atom. The highest BCUT2D eigenvalue weighted by atomic mass is 35.5. The first-order chi connectivity index (χ1) is 15.8. The highest BCUT2D eigenvalue weighted by Crippen LogP contribution is 2.30. The third-order valence-corrected chi connectivity index (χ3v) is 6.72. The van der Waals surface area contributed by atoms with Crippen molar-refractivity contribution in [2.75, 3.05) is 44.7 Å². The molecule has 0 unspecified atom stereocenters. The van der Waals surface area contributed by atoms with Crippen molar-refractivity contribution < 1.29 is 4.74 Å². The molecule has 5 rings (SSSR count). The van der Waals surface area contributed by atoms with Gasteiger partial charge in [-0.25, -0.2) is 0 Å². The second kappa shape index (κ2) is 12.2. The van der Waals surface area contributed by atoms with Crippen LogP contribution in [0, 0.1) is 0 Å². The van der Waals surface area contributed by atoms with Crippen molar-refractivity contribution in [3.05, 3.63) is 59.4 Å². The minimum absolute atomic E-state index is 0. The van der Waals surface area contributed by atoms with Gasteiger partial charge in [0.1, 0.15) is 12.3 Å². The Morgan fingerprint density at radius 2 is 1.88 bits per heavy atom. The maximum atomic E-state index is 5.54. The van der Waals surface area contributed by atoms with Crippen LogP contribution in [0.15, 0.2) is 48.0 Å². The molecule has 0 atom stereocenters. The van der Waals surface area contributed by atoms with Crippen molar-refractivity contribution in [3.8, 4) is 16.3 Å². The van der Waals surface area contributed by atoms with E-state index in [0.717, 1.165) is 50.6 Å². The molecular weight excluding hydrogens is 495 g/mol. The van der Waals surface area contributed by atoms with E-state index in [4.69, 9.17) is 4.74 Å². The van der Waals surface area contributed by atoms with E-state index >= 15 is 0 Å². The number of benzene rings is 1. The van der Waals surface area contributed by atoms with Crippen LogP contribution in [-0.2, 0) is 13.0 Å². The number of halogens is 2. The Hall–Kier alpha value is -2.66. The Bertz CT molecular complexity index is 1130. The molecule has 1 fully saturated rings. The second-order valence-electron chi connectivity index (χ2n) is 7.73. The summed E-state index contributed by atoms with van der Waals surface area (Å²) in [6, 6.07) is 12.5. The van der Waals surface area contributed by atoms with Crippen LogP contribution in [-0.4, -0.2) is 75.1 Å². The molecule has 0 amide bonds. The number of hydrogen-bond donors (Lipinski definition) is 1. The predicted octanol–water partition coefficient (Wildman–Crippen LogP) is 3.39. The zero-order valence-electron chi connectivity index (χ0n) is 18.8. The summed E-state index contributed by atoms with van der Waals surface area (Å²) in [5, 5.41) is 21.1. The number of H-pyrrole nitrogens is 1. The number of anilines is 1. The molecule has 34 heavy (non-hydrogen) atoms. The summed E-state index contributed by atoms with van der Waals surface area (Å²) in [6.07, 6.45) is 2.94. The summed E-state index contributed by atoms with van der Waals surface area (Å²) in [7, 11) is 1.74. The normalized spacial score (nSPS) is 13.9. The molecule has 0 bridgehead atoms. The molecule has 4 heterocycles. The molecule has 182 valence electrons. The van der Waals surface area contributed by atoms with Crippen LogP contribution in [0.1, 0.15) is 11.4 Å². The average molecular weight is 523 g/mol. The second-order valence-corrected chi connectivity index (χ2v) is 8.68. The Kier molecular flexibility index (Phi) is 9.28. The highest BCUT2D eigenvalue weighted by molar-refractivity contribution is 7.13. The molecule has 3 aromatic heterocycles. The summed E-state index contributed by atoms with van der Waals surface area (Å²) < 4.78 is 7.52. The summed E-state index contributed by atoms with van der Waals surface area (Å²) >= 11 is 1.73. The fourth-order valence-corrected chi connectivity index (χ4v) is 5.00. The highest BCUT2D eigenvalue weighted by Gasteiger charge is 2.21. The van der Waals surface area contributed by atoms with Gasteiger partial charge in [-0.3, -0.25) is 9.58 Å². The van der Waals surface area contributed by atoms with Crippen molar-refractivity contribution in [2.45, 2.75) is 13.0 Å². The van der Waals surface area contributed by atoms with Gasteiger partial charge in [0.15, 0.2) is 5.82 Å². The van der Waals surface area contributed by atoms with Crippen molar-refractivity contribution in [3.63, 3.8) is 0 Å². The van der Waals surface area contributed by atoms with Crippen molar-refractivity contribution in [1.82, 2.24) is 35.3 Å². The molecule has 1 aliphatic rings. The van der Waals surface area contributed by atoms with Crippen LogP contribution < -0.4 is 9.64 Å². The molecule has 1 N–H and O–H groups in total. The Labute approximate surface area is 214 Å². The van der Waals surface area contributed by atoms with Gasteiger partial charge in [0, 0.05) is 38.3 Å². The number of piperazine rings is 1. The smallest absolute Gasteiger partial charge is 0.195 e. The lowest BCUT2D eigenvalue weighted by molar-refractivity contribution is 0.260. The topological polar surface area (TPSA) is 88.0 Å². The van der Waals surface area contributed by atoms with Crippen LogP contribution in [0.25, 0.3) is 10.6 Å². The van der Waals surface area contributed by atoms with Gasteiger partial charge < -0.3 is 9.64 Å². The van der Waals surface area contributed by atoms with Gasteiger partial charge in [-0.05, 0) is 30.0 Å². The molecule has 1 aromatic carbocycles. The first kappa shape index (κ1) is 26.0. The lowest BCUT2D eigenvalue weighted by Crippen LogP contribution is -2.47. The van der Waals surface area contributed by atoms with E-state index in [1.54, 1.807) is 18.4 Å². The number of aromatic nitrogens is 6. The fourth-order valence-electron chi connectivity index (χ4n) is 4.19. The van der Waals surface area contributed by atoms with Gasteiger partial charge in [-0.1, -0.05) is 23.4 Å². The number of nitrogens with one attached hydrogen (secondary N) is 1. The van der Waals surface area contributed by atoms with Gasteiger partial charge in [-0.15, -0.1) is 46.3 Å². The predicted molar refractivity (Wildman–Crippen MR) is 139 cm³/mol. The van der Waals surface area contributed by atoms with Gasteiger partial charge >= 0.3 is 0 Å². The number of ether oxygens (including phenoxy) is 1. The fraction of sp³-hybridized carbons (Fsp3) is 0.364. The van der Waals surface area contributed by atoms with Crippen molar-refractivity contribution >= 4 is 41.8 Å². The third-order valence-electron chi connectivity index (χ3n) is 5.85. The van der Waals surface area contributed by atoms with E-state index < -0.39 is 0 Å². The van der Waals surface area contributed by atoms with Crippen molar-refractivity contribution in [1.29, 1.82) is 0 Å². The third kappa shape index (κ3) is 5.69. The van der Waals surface area contributed by atoms with Crippen LogP contribution in [0.2, 0.25) is 0 Å². The zero-order chi connectivity index (χ0) is 21.8. The number of aromatic amines is 1. The lowest BCUT2D eigenvalue weighted by Gasteiger charge is -2.36. The maximum Gasteiger partial charge on any atom is 0.195 e. The number of hydrogen-bond acceptors (Lipinski definition) is 8. The molecule has 9 nitrogen and oxygen atoms in total. The van der Waals surface area contributed by atoms with Crippen LogP contribution in [0.4, 0.5) is 5.69 Å². The van der Waals surface area contributed by atoms with E-state index in [2.05, 4.69) is 65.2 Å². The quantitative estimate of drug-likeness (QED) is 0.379. The van der Waals surface area contributed by atoms with Crippen molar-refractivity contribution in [2.24, 2.45) is 0 Å². The molecule has 0 saturated carbocycles. The average Bonchev–Trinajstić information content (AvgIpc) is 3.61. The monoisotopic (exact) mass is 522 g/mol. The minimum atomic E-state index is 0. The standard InChI is InChI=1S/C22H26N8OS.2ClH/c1-31-19-6-3-2-5-18(19)29-12-10-28(11-13-29)9-8-17-15-23-30(16-21-24-26-27-25-21)22(17)20-7-4-14-32-20;;/h2-7,14-15H,8-13,16H2,1H3,(H,24,25,26,27);2*1H. The minimum Gasteiger partial charge on any atom is -0.495 e. The number of para-hydroxylation sites is 2. The van der Waals surface area contributed by atoms with E-state index in [1.807, 2.05) is 23.0 Å². The number of rotatable bonds is 8. The molecule has 12 heteroatoms. The number of thiophene rings is 1. The SMILES string of the molecule is COc1ccccc1N1CCN(CCc2cnn(Cc3nn[nH]n3)c2-c2cccs2)CC1.Cl.Cl. The van der Waals surface area contributed by atoms with Crippen LogP contribution in [0.5, 0.6) is 5.75 Å². The van der Waals surface area contributed by atoms with E-state index in [0.29, 0.717) is 12.4 Å². The summed E-state index contributed by atoms with van der Waals surface area (Å²) in [4.78, 5) is 6.15. The number of nitrogens with zero attached hydrogens (tertiary/aromatic N) is 7. The molecule has 4 aromatic rings. The van der Waals surface area contributed by atoms with Crippen LogP contribution in [0.3, 0.4) is 0 Å². The first-order valence-electron chi connectivity index (χ1n) is 10.7. The summed E-state index contributed by atoms with van der Waals surface area (Å²) in [5.41, 5.74) is 3.58. The molecule has 0 radical (unpaired) electrons. The van der Waals surface area contributed by atoms with E-state index in [9.17, 15) is 0 Å². The number of methoxy groups -OCH3 is 1. The van der Waals surface area contributed by atoms with Crippen LogP contribution >= 0.6 is 36.2 Å². The van der Waals surface area contributed by atoms with Gasteiger partial charge in [-0.2, -0.15) is 10.3 Å². The van der Waals surface area contributed by atoms with E-state index in [1.165, 1.54) is 16.1 Å². The summed E-state index contributed by atoms with van der Waals surface area (Å²) in [6.45, 7) is 5.56. The Balaban J connectivity index is 0.00000162. The van der Waals surface area contributed by atoms with Gasteiger partial charge in [0.05, 0.1) is 29.6 Å². The van der Waals surface area contributed by atoms with E-state index in [-0.39, 0.29) is 24.8 Å². The summed E-state index contributed by atoms with van der Waals surface area (Å²) in [5.74, 6) is 1.57. The first-order valence-corrected chi connectivity index (χ1v) is 11.6. The molecule has 0 aliphatic carbocycles. The molecular formula is C22H28Cl2N8OS. The molecule has 1 saturated heterocycles. The van der Waals surface area contributed by atoms with Gasteiger partial charge in [0.2, 0.25) is 0 Å². The number of tetrazole rings is 1. The largest absolute Gasteiger partial charge is 0.495 e. The van der Waals surface area contributed by atoms with Gasteiger partial charge in [0.25, 0.3) is 0 Å². The zero-order valence-corrected chi connectivity index (χ0v) is 21.3. The molecule has 1 aliphatic heterocycles.